The molecule has 1 aliphatic rings. The van der Waals surface area contributed by atoms with Crippen molar-refractivity contribution in [1.82, 2.24) is 0 Å². The SMILES string of the molecule is CC(C)OP(=O)(OC(C)C)[C@H]1C[C@H]1c1ccc(C(F)(F)F)cc1. The predicted octanol–water partition coefficient (Wildman–Crippen LogP) is 5.60. The zero-order chi connectivity index (χ0) is 17.4. The fraction of sp³-hybridized carbons (Fsp3) is 0.625. The van der Waals surface area contributed by atoms with Crippen LogP contribution in [0.4, 0.5) is 13.2 Å². The van der Waals surface area contributed by atoms with Crippen LogP contribution in [-0.2, 0) is 19.8 Å². The quantitative estimate of drug-likeness (QED) is 0.626. The van der Waals surface area contributed by atoms with Crippen LogP contribution in [-0.4, -0.2) is 17.9 Å². The summed E-state index contributed by atoms with van der Waals surface area (Å²) in [6, 6.07) is 5.01. The molecule has 7 heteroatoms. The van der Waals surface area contributed by atoms with Crippen molar-refractivity contribution in [3.05, 3.63) is 35.4 Å². The number of halogens is 3. The minimum absolute atomic E-state index is 0.0828. The molecule has 1 fully saturated rings. The molecule has 130 valence electrons. The molecule has 0 bridgehead atoms. The van der Waals surface area contributed by atoms with E-state index in [0.29, 0.717) is 6.42 Å². The van der Waals surface area contributed by atoms with Crippen LogP contribution in [0.5, 0.6) is 0 Å². The number of hydrogen-bond acceptors (Lipinski definition) is 3. The third kappa shape index (κ3) is 4.59. The maximum atomic E-state index is 13.0. The van der Waals surface area contributed by atoms with E-state index in [1.165, 1.54) is 12.1 Å². The Morgan fingerprint density at radius 2 is 1.52 bits per heavy atom. The van der Waals surface area contributed by atoms with E-state index in [1.807, 2.05) is 0 Å². The first-order valence-electron chi connectivity index (χ1n) is 7.66. The Bertz CT molecular complexity index is 567. The minimum Gasteiger partial charge on any atom is -0.306 e. The molecule has 23 heavy (non-hydrogen) atoms. The van der Waals surface area contributed by atoms with Gasteiger partial charge in [-0.3, -0.25) is 4.57 Å². The van der Waals surface area contributed by atoms with Gasteiger partial charge >= 0.3 is 13.8 Å². The van der Waals surface area contributed by atoms with Crippen LogP contribution in [0, 0.1) is 0 Å². The summed E-state index contributed by atoms with van der Waals surface area (Å²) in [4.78, 5) is 0. The van der Waals surface area contributed by atoms with E-state index in [-0.39, 0.29) is 23.8 Å². The third-order valence-corrected chi connectivity index (χ3v) is 6.36. The molecule has 1 aromatic rings. The fourth-order valence-corrected chi connectivity index (χ4v) is 5.21. The van der Waals surface area contributed by atoms with Crippen LogP contribution >= 0.6 is 7.60 Å². The van der Waals surface area contributed by atoms with Crippen molar-refractivity contribution >= 4 is 7.60 Å². The minimum atomic E-state index is -4.35. The summed E-state index contributed by atoms with van der Waals surface area (Å²) in [5, 5.41) is 0. The molecule has 0 aromatic heterocycles. The van der Waals surface area contributed by atoms with E-state index in [9.17, 15) is 17.7 Å². The normalized spacial score (nSPS) is 22.0. The largest absolute Gasteiger partial charge is 0.416 e. The van der Waals surface area contributed by atoms with Crippen LogP contribution in [0.3, 0.4) is 0 Å². The molecule has 2 atom stereocenters. The maximum absolute atomic E-state index is 13.0. The van der Waals surface area contributed by atoms with E-state index in [2.05, 4.69) is 0 Å². The summed E-state index contributed by atoms with van der Waals surface area (Å²) in [5.41, 5.74) is -0.231. The summed E-state index contributed by atoms with van der Waals surface area (Å²) < 4.78 is 61.9. The van der Waals surface area contributed by atoms with Crippen LogP contribution in [0.1, 0.15) is 51.2 Å². The average Bonchev–Trinajstić information content (AvgIpc) is 3.16. The van der Waals surface area contributed by atoms with Crippen molar-refractivity contribution in [1.29, 1.82) is 0 Å². The van der Waals surface area contributed by atoms with E-state index in [0.717, 1.165) is 17.7 Å². The highest BCUT2D eigenvalue weighted by Gasteiger charge is 2.54. The summed E-state index contributed by atoms with van der Waals surface area (Å²) in [5.74, 6) is -0.0828. The Kier molecular flexibility index (Phi) is 5.29. The van der Waals surface area contributed by atoms with Gasteiger partial charge in [0, 0.05) is 0 Å². The highest BCUT2D eigenvalue weighted by Crippen LogP contribution is 2.69. The molecule has 2 rings (SSSR count). The Labute approximate surface area is 134 Å². The van der Waals surface area contributed by atoms with Crippen molar-refractivity contribution in [3.63, 3.8) is 0 Å². The van der Waals surface area contributed by atoms with Crippen LogP contribution in [0.15, 0.2) is 24.3 Å². The average molecular weight is 350 g/mol. The molecule has 1 aromatic carbocycles. The van der Waals surface area contributed by atoms with Crippen molar-refractivity contribution in [3.8, 4) is 0 Å². The second-order valence-corrected chi connectivity index (χ2v) is 8.54. The number of hydrogen-bond donors (Lipinski definition) is 0. The van der Waals surface area contributed by atoms with E-state index in [1.54, 1.807) is 27.7 Å². The van der Waals surface area contributed by atoms with Crippen LogP contribution < -0.4 is 0 Å². The molecule has 1 saturated carbocycles. The summed E-state index contributed by atoms with van der Waals surface area (Å²) in [6.07, 6.45) is -4.23. The molecular formula is C16H22F3O3P. The Morgan fingerprint density at radius 3 is 1.91 bits per heavy atom. The zero-order valence-corrected chi connectivity index (χ0v) is 14.5. The summed E-state index contributed by atoms with van der Waals surface area (Å²) in [7, 11) is -3.28. The smallest absolute Gasteiger partial charge is 0.306 e. The first kappa shape index (κ1) is 18.5. The molecule has 0 spiro atoms. The van der Waals surface area contributed by atoms with E-state index < -0.39 is 19.3 Å². The zero-order valence-electron chi connectivity index (χ0n) is 13.6. The highest BCUT2D eigenvalue weighted by molar-refractivity contribution is 7.55. The molecule has 0 N–H and O–H groups in total. The predicted molar refractivity (Wildman–Crippen MR) is 82.6 cm³/mol. The molecule has 0 heterocycles. The van der Waals surface area contributed by atoms with Gasteiger partial charge in [-0.2, -0.15) is 13.2 Å². The van der Waals surface area contributed by atoms with E-state index >= 15 is 0 Å². The first-order chi connectivity index (χ1) is 10.5. The second-order valence-electron chi connectivity index (χ2n) is 6.38. The van der Waals surface area contributed by atoms with Gasteiger partial charge < -0.3 is 9.05 Å². The van der Waals surface area contributed by atoms with E-state index in [4.69, 9.17) is 9.05 Å². The molecule has 0 aliphatic heterocycles. The lowest BCUT2D eigenvalue weighted by molar-refractivity contribution is -0.137. The Hall–Kier alpha value is -0.840. The molecular weight excluding hydrogens is 328 g/mol. The Morgan fingerprint density at radius 1 is 1.04 bits per heavy atom. The summed E-state index contributed by atoms with van der Waals surface area (Å²) >= 11 is 0. The van der Waals surface area contributed by atoms with Gasteiger partial charge in [-0.15, -0.1) is 0 Å². The van der Waals surface area contributed by atoms with Crippen LogP contribution in [0.25, 0.3) is 0 Å². The highest BCUT2D eigenvalue weighted by atomic mass is 31.2. The maximum Gasteiger partial charge on any atom is 0.416 e. The lowest BCUT2D eigenvalue weighted by Gasteiger charge is -2.23. The van der Waals surface area contributed by atoms with Gasteiger partial charge in [0.1, 0.15) is 0 Å². The topological polar surface area (TPSA) is 35.5 Å². The second kappa shape index (κ2) is 6.58. The fourth-order valence-electron chi connectivity index (χ4n) is 2.58. The molecule has 0 unspecified atom stereocenters. The van der Waals surface area contributed by atoms with Crippen molar-refractivity contribution in [2.24, 2.45) is 0 Å². The number of benzene rings is 1. The monoisotopic (exact) mass is 350 g/mol. The van der Waals surface area contributed by atoms with Gasteiger partial charge in [0.25, 0.3) is 0 Å². The first-order valence-corrected chi connectivity index (χ1v) is 9.28. The molecule has 0 saturated heterocycles. The molecule has 0 amide bonds. The van der Waals surface area contributed by atoms with Crippen molar-refractivity contribution in [2.75, 3.05) is 0 Å². The van der Waals surface area contributed by atoms with Crippen molar-refractivity contribution in [2.45, 2.75) is 64.1 Å². The van der Waals surface area contributed by atoms with Gasteiger partial charge in [0.15, 0.2) is 0 Å². The van der Waals surface area contributed by atoms with Gasteiger partial charge in [-0.1, -0.05) is 12.1 Å². The lowest BCUT2D eigenvalue weighted by Crippen LogP contribution is -2.11. The Balaban J connectivity index is 2.14. The molecule has 1 aliphatic carbocycles. The summed E-state index contributed by atoms with van der Waals surface area (Å²) in [6.45, 7) is 7.13. The van der Waals surface area contributed by atoms with Gasteiger partial charge in [-0.05, 0) is 57.7 Å². The van der Waals surface area contributed by atoms with Crippen LogP contribution in [0.2, 0.25) is 0 Å². The standard InChI is InChI=1S/C16H22F3O3P/c1-10(2)21-23(20,22-11(3)4)15-9-14(15)12-5-7-13(8-6-12)16(17,18)19/h5-8,10-11,14-15H,9H2,1-4H3/t14-,15-/m0/s1. The van der Waals surface area contributed by atoms with Gasteiger partial charge in [0.05, 0.1) is 23.4 Å². The van der Waals surface area contributed by atoms with Gasteiger partial charge in [0.2, 0.25) is 0 Å². The molecule has 3 nitrogen and oxygen atoms in total. The molecule has 0 radical (unpaired) electrons. The number of rotatable bonds is 6. The third-order valence-electron chi connectivity index (χ3n) is 3.54. The van der Waals surface area contributed by atoms with Gasteiger partial charge in [-0.25, -0.2) is 0 Å². The number of alkyl halides is 3. The lowest BCUT2D eigenvalue weighted by atomic mass is 10.1. The van der Waals surface area contributed by atoms with Crippen molar-refractivity contribution < 1.29 is 26.8 Å².